The first-order valence-electron chi connectivity index (χ1n) is 5.97. The molecule has 0 amide bonds. The van der Waals surface area contributed by atoms with E-state index < -0.39 is 0 Å². The minimum Gasteiger partial charge on any atom is -0.497 e. The van der Waals surface area contributed by atoms with Crippen molar-refractivity contribution >= 4 is 5.69 Å². The first-order chi connectivity index (χ1) is 7.83. The van der Waals surface area contributed by atoms with Crippen LogP contribution in [0.15, 0.2) is 18.2 Å². The zero-order valence-corrected chi connectivity index (χ0v) is 10.0. The average molecular weight is 220 g/mol. The summed E-state index contributed by atoms with van der Waals surface area (Å²) >= 11 is 0. The molecular formula is C13H20N2O. The number of hydrogen-bond donors (Lipinski definition) is 2. The highest BCUT2D eigenvalue weighted by atomic mass is 16.5. The molecule has 0 aliphatic carbocycles. The summed E-state index contributed by atoms with van der Waals surface area (Å²) < 4.78 is 5.23. The number of ether oxygens (including phenoxy) is 1. The lowest BCUT2D eigenvalue weighted by Gasteiger charge is -2.27. The van der Waals surface area contributed by atoms with Crippen LogP contribution in [0.25, 0.3) is 0 Å². The third-order valence-electron chi connectivity index (χ3n) is 3.07. The Kier molecular flexibility index (Phi) is 3.67. The molecule has 2 rings (SSSR count). The molecule has 0 saturated carbocycles. The molecule has 2 N–H and O–H groups in total. The molecule has 1 atom stereocenters. The number of methoxy groups -OCH3 is 1. The third kappa shape index (κ3) is 2.47. The number of likely N-dealkylation sites (N-methyl/N-ethyl adjacent to an activating group) is 1. The van der Waals surface area contributed by atoms with E-state index in [1.54, 1.807) is 7.11 Å². The molecule has 16 heavy (non-hydrogen) atoms. The van der Waals surface area contributed by atoms with Gasteiger partial charge in [-0.05, 0) is 43.1 Å². The van der Waals surface area contributed by atoms with Crippen LogP contribution in [0.4, 0.5) is 5.69 Å². The predicted octanol–water partition coefficient (Wildman–Crippen LogP) is 2.03. The molecule has 1 aromatic rings. The van der Waals surface area contributed by atoms with Crippen molar-refractivity contribution in [2.45, 2.75) is 25.8 Å². The van der Waals surface area contributed by atoms with Gasteiger partial charge in [0.25, 0.3) is 0 Å². The number of anilines is 1. The molecule has 1 unspecified atom stereocenters. The molecule has 1 aliphatic rings. The zero-order chi connectivity index (χ0) is 11.4. The van der Waals surface area contributed by atoms with Gasteiger partial charge in [0.1, 0.15) is 5.75 Å². The molecular weight excluding hydrogens is 200 g/mol. The van der Waals surface area contributed by atoms with Crippen molar-refractivity contribution in [3.8, 4) is 5.75 Å². The Morgan fingerprint density at radius 3 is 3.12 bits per heavy atom. The van der Waals surface area contributed by atoms with Gasteiger partial charge in [-0.25, -0.2) is 0 Å². The van der Waals surface area contributed by atoms with E-state index in [-0.39, 0.29) is 0 Å². The van der Waals surface area contributed by atoms with Crippen molar-refractivity contribution in [3.05, 3.63) is 23.8 Å². The number of aryl methyl sites for hydroxylation is 1. The molecule has 0 radical (unpaired) electrons. The van der Waals surface area contributed by atoms with Crippen LogP contribution < -0.4 is 15.4 Å². The van der Waals surface area contributed by atoms with Crippen molar-refractivity contribution in [2.75, 3.05) is 25.5 Å². The lowest BCUT2D eigenvalue weighted by atomic mass is 9.98. The van der Waals surface area contributed by atoms with E-state index in [4.69, 9.17) is 4.74 Å². The van der Waals surface area contributed by atoms with E-state index in [9.17, 15) is 0 Å². The van der Waals surface area contributed by atoms with Crippen molar-refractivity contribution in [2.24, 2.45) is 0 Å². The fourth-order valence-corrected chi connectivity index (χ4v) is 2.14. The van der Waals surface area contributed by atoms with Gasteiger partial charge >= 0.3 is 0 Å². The Morgan fingerprint density at radius 2 is 2.38 bits per heavy atom. The maximum Gasteiger partial charge on any atom is 0.119 e. The summed E-state index contributed by atoms with van der Waals surface area (Å²) in [5.41, 5.74) is 2.63. The second-order valence-corrected chi connectivity index (χ2v) is 4.21. The van der Waals surface area contributed by atoms with E-state index in [2.05, 4.69) is 29.7 Å². The summed E-state index contributed by atoms with van der Waals surface area (Å²) in [6.45, 7) is 4.22. The molecule has 0 aromatic heterocycles. The Labute approximate surface area is 97.2 Å². The van der Waals surface area contributed by atoms with Gasteiger partial charge in [-0.3, -0.25) is 0 Å². The van der Waals surface area contributed by atoms with E-state index >= 15 is 0 Å². The molecule has 1 heterocycles. The van der Waals surface area contributed by atoms with Crippen LogP contribution >= 0.6 is 0 Å². The molecule has 0 saturated heterocycles. The van der Waals surface area contributed by atoms with Gasteiger partial charge in [-0.2, -0.15) is 0 Å². The molecule has 0 fully saturated rings. The maximum absolute atomic E-state index is 5.23. The smallest absolute Gasteiger partial charge is 0.119 e. The summed E-state index contributed by atoms with van der Waals surface area (Å²) in [6, 6.07) is 6.82. The van der Waals surface area contributed by atoms with E-state index in [1.165, 1.54) is 17.7 Å². The van der Waals surface area contributed by atoms with Crippen LogP contribution in [0.1, 0.15) is 18.9 Å². The summed E-state index contributed by atoms with van der Waals surface area (Å²) in [5.74, 6) is 0.950. The van der Waals surface area contributed by atoms with Crippen LogP contribution in [0.5, 0.6) is 5.75 Å². The van der Waals surface area contributed by atoms with Crippen molar-refractivity contribution < 1.29 is 4.74 Å². The Morgan fingerprint density at radius 1 is 1.50 bits per heavy atom. The predicted molar refractivity (Wildman–Crippen MR) is 67.3 cm³/mol. The van der Waals surface area contributed by atoms with Gasteiger partial charge in [-0.1, -0.05) is 6.92 Å². The largest absolute Gasteiger partial charge is 0.497 e. The molecule has 3 heteroatoms. The Bertz CT molecular complexity index is 352. The summed E-state index contributed by atoms with van der Waals surface area (Å²) in [4.78, 5) is 0. The van der Waals surface area contributed by atoms with Crippen LogP contribution in [-0.2, 0) is 6.42 Å². The van der Waals surface area contributed by atoms with Crippen LogP contribution in [0.2, 0.25) is 0 Å². The maximum atomic E-state index is 5.23. The zero-order valence-electron chi connectivity index (χ0n) is 10.0. The monoisotopic (exact) mass is 220 g/mol. The van der Waals surface area contributed by atoms with Gasteiger partial charge in [0, 0.05) is 18.3 Å². The highest BCUT2D eigenvalue weighted by Gasteiger charge is 2.17. The number of benzene rings is 1. The van der Waals surface area contributed by atoms with Crippen LogP contribution in [0.3, 0.4) is 0 Å². The highest BCUT2D eigenvalue weighted by Crippen LogP contribution is 2.28. The standard InChI is InChI=1S/C13H20N2O/c1-3-14-9-11-5-4-10-8-12(16-2)6-7-13(10)15-11/h6-8,11,14-15H,3-5,9H2,1-2H3. The van der Waals surface area contributed by atoms with Gasteiger partial charge in [0.15, 0.2) is 0 Å². The minimum absolute atomic E-state index is 0.556. The summed E-state index contributed by atoms with van der Waals surface area (Å²) in [5, 5.41) is 6.95. The normalized spacial score (nSPS) is 18.8. The molecule has 0 spiro atoms. The second kappa shape index (κ2) is 5.21. The molecule has 88 valence electrons. The quantitative estimate of drug-likeness (QED) is 0.814. The average Bonchev–Trinajstić information content (AvgIpc) is 2.35. The third-order valence-corrected chi connectivity index (χ3v) is 3.07. The van der Waals surface area contributed by atoms with E-state index in [0.717, 1.165) is 25.3 Å². The number of rotatable bonds is 4. The Balaban J connectivity index is 2.04. The molecule has 1 aromatic carbocycles. The molecule has 0 bridgehead atoms. The van der Waals surface area contributed by atoms with Gasteiger partial charge < -0.3 is 15.4 Å². The fraction of sp³-hybridized carbons (Fsp3) is 0.538. The summed E-state index contributed by atoms with van der Waals surface area (Å²) in [6.07, 6.45) is 2.32. The molecule has 1 aliphatic heterocycles. The number of nitrogens with one attached hydrogen (secondary N) is 2. The SMILES string of the molecule is CCNCC1CCc2cc(OC)ccc2N1. The van der Waals surface area contributed by atoms with Gasteiger partial charge in [0.05, 0.1) is 7.11 Å². The van der Waals surface area contributed by atoms with Crippen molar-refractivity contribution in [3.63, 3.8) is 0 Å². The van der Waals surface area contributed by atoms with E-state index in [1.807, 2.05) is 6.07 Å². The van der Waals surface area contributed by atoms with Gasteiger partial charge in [-0.15, -0.1) is 0 Å². The first kappa shape index (κ1) is 11.3. The van der Waals surface area contributed by atoms with Crippen molar-refractivity contribution in [1.29, 1.82) is 0 Å². The minimum atomic E-state index is 0.556. The second-order valence-electron chi connectivity index (χ2n) is 4.21. The molecule has 3 nitrogen and oxygen atoms in total. The lowest BCUT2D eigenvalue weighted by molar-refractivity contribution is 0.414. The fourth-order valence-electron chi connectivity index (χ4n) is 2.14. The van der Waals surface area contributed by atoms with E-state index in [0.29, 0.717) is 6.04 Å². The van der Waals surface area contributed by atoms with Crippen molar-refractivity contribution in [1.82, 2.24) is 5.32 Å². The van der Waals surface area contributed by atoms with Gasteiger partial charge in [0.2, 0.25) is 0 Å². The van der Waals surface area contributed by atoms with Crippen LogP contribution in [-0.4, -0.2) is 26.2 Å². The number of fused-ring (bicyclic) bond motifs is 1. The van der Waals surface area contributed by atoms with Crippen LogP contribution in [0, 0.1) is 0 Å². The number of hydrogen-bond acceptors (Lipinski definition) is 3. The lowest BCUT2D eigenvalue weighted by Crippen LogP contribution is -2.35. The first-order valence-corrected chi connectivity index (χ1v) is 5.97. The summed E-state index contributed by atoms with van der Waals surface area (Å²) in [7, 11) is 1.71. The Hall–Kier alpha value is -1.22. The topological polar surface area (TPSA) is 33.3 Å². The highest BCUT2D eigenvalue weighted by molar-refractivity contribution is 5.56.